The van der Waals surface area contributed by atoms with Crippen LogP contribution in [-0.4, -0.2) is 54.1 Å². The van der Waals surface area contributed by atoms with E-state index in [0.29, 0.717) is 0 Å². The first-order valence-corrected chi connectivity index (χ1v) is 7.54. The van der Waals surface area contributed by atoms with Gasteiger partial charge in [-0.2, -0.15) is 0 Å². The summed E-state index contributed by atoms with van der Waals surface area (Å²) in [7, 11) is 2.20. The van der Waals surface area contributed by atoms with E-state index in [1.54, 1.807) is 0 Å². The maximum Gasteiger partial charge on any atom is 0.0347 e. The fourth-order valence-electron chi connectivity index (χ4n) is 2.85. The Morgan fingerprint density at radius 2 is 1.95 bits per heavy atom. The van der Waals surface area contributed by atoms with Crippen LogP contribution < -0.4 is 5.73 Å². The molecule has 4 nitrogen and oxygen atoms in total. The van der Waals surface area contributed by atoms with Crippen molar-refractivity contribution < 1.29 is 0 Å². The summed E-state index contributed by atoms with van der Waals surface area (Å²) in [4.78, 5) is 4.96. The van der Waals surface area contributed by atoms with Crippen molar-refractivity contribution in [2.45, 2.75) is 25.4 Å². The van der Waals surface area contributed by atoms with E-state index in [1.807, 2.05) is 0 Å². The highest BCUT2D eigenvalue weighted by Gasteiger charge is 2.29. The van der Waals surface area contributed by atoms with E-state index in [9.17, 15) is 0 Å². The van der Waals surface area contributed by atoms with Crippen molar-refractivity contribution in [2.24, 2.45) is 11.7 Å². The zero-order chi connectivity index (χ0) is 13.2. The van der Waals surface area contributed by atoms with Gasteiger partial charge in [0, 0.05) is 57.7 Å². The fourth-order valence-corrected chi connectivity index (χ4v) is 2.85. The van der Waals surface area contributed by atoms with Crippen LogP contribution in [-0.2, 0) is 6.54 Å². The third kappa shape index (κ3) is 3.38. The Labute approximate surface area is 116 Å². The Morgan fingerprint density at radius 1 is 1.21 bits per heavy atom. The van der Waals surface area contributed by atoms with E-state index in [4.69, 9.17) is 5.73 Å². The minimum Gasteiger partial charge on any atom is -0.353 e. The molecule has 2 N–H and O–H groups in total. The van der Waals surface area contributed by atoms with Crippen molar-refractivity contribution in [3.05, 3.63) is 24.0 Å². The van der Waals surface area contributed by atoms with Gasteiger partial charge in [0.1, 0.15) is 0 Å². The van der Waals surface area contributed by atoms with Gasteiger partial charge in [-0.3, -0.25) is 4.90 Å². The van der Waals surface area contributed by atoms with Crippen LogP contribution >= 0.6 is 0 Å². The second kappa shape index (κ2) is 5.65. The van der Waals surface area contributed by atoms with Crippen molar-refractivity contribution in [1.82, 2.24) is 14.4 Å². The summed E-state index contributed by atoms with van der Waals surface area (Å²) in [5, 5.41) is 0. The maximum absolute atomic E-state index is 6.24. The molecular weight excluding hydrogens is 236 g/mol. The third-order valence-corrected chi connectivity index (χ3v) is 4.56. The van der Waals surface area contributed by atoms with Gasteiger partial charge in [-0.1, -0.05) is 0 Å². The minimum atomic E-state index is 0.268. The number of hydrogen-bond donors (Lipinski definition) is 1. The van der Waals surface area contributed by atoms with E-state index < -0.39 is 0 Å². The molecule has 4 heteroatoms. The Morgan fingerprint density at radius 3 is 2.63 bits per heavy atom. The van der Waals surface area contributed by atoms with E-state index in [1.165, 1.54) is 44.6 Å². The Hall–Kier alpha value is -0.840. The lowest BCUT2D eigenvalue weighted by Crippen LogP contribution is -2.45. The normalized spacial score (nSPS) is 23.7. The molecule has 0 aromatic carbocycles. The zero-order valence-corrected chi connectivity index (χ0v) is 12.0. The summed E-state index contributed by atoms with van der Waals surface area (Å²) in [6.07, 6.45) is 7.06. The Balaban J connectivity index is 1.47. The molecule has 1 aliphatic carbocycles. The zero-order valence-electron chi connectivity index (χ0n) is 12.0. The topological polar surface area (TPSA) is 37.4 Å². The van der Waals surface area contributed by atoms with Gasteiger partial charge in [0.05, 0.1) is 0 Å². The first-order valence-electron chi connectivity index (χ1n) is 7.54. The summed E-state index contributed by atoms with van der Waals surface area (Å²) >= 11 is 0. The number of nitrogens with zero attached hydrogens (tertiary/aromatic N) is 3. The van der Waals surface area contributed by atoms with Gasteiger partial charge in [0.2, 0.25) is 0 Å². The number of piperazine rings is 1. The van der Waals surface area contributed by atoms with Crippen LogP contribution in [0.25, 0.3) is 0 Å². The molecule has 1 atom stereocenters. The minimum absolute atomic E-state index is 0.268. The van der Waals surface area contributed by atoms with Gasteiger partial charge < -0.3 is 15.2 Å². The molecule has 3 rings (SSSR count). The van der Waals surface area contributed by atoms with Crippen LogP contribution in [0, 0.1) is 5.92 Å². The van der Waals surface area contributed by atoms with Crippen LogP contribution in [0.3, 0.4) is 0 Å². The predicted molar refractivity (Wildman–Crippen MR) is 78.0 cm³/mol. The van der Waals surface area contributed by atoms with Gasteiger partial charge in [-0.15, -0.1) is 0 Å². The highest BCUT2D eigenvalue weighted by molar-refractivity contribution is 5.17. The smallest absolute Gasteiger partial charge is 0.0347 e. The van der Waals surface area contributed by atoms with Crippen LogP contribution in [0.15, 0.2) is 18.5 Å². The molecule has 106 valence electrons. The molecule has 19 heavy (non-hydrogen) atoms. The maximum atomic E-state index is 6.24. The van der Waals surface area contributed by atoms with E-state index in [2.05, 4.69) is 39.9 Å². The van der Waals surface area contributed by atoms with Crippen LogP contribution in [0.4, 0.5) is 0 Å². The van der Waals surface area contributed by atoms with Crippen molar-refractivity contribution >= 4 is 0 Å². The molecule has 0 amide bonds. The molecule has 1 aliphatic heterocycles. The lowest BCUT2D eigenvalue weighted by Gasteiger charge is -2.32. The van der Waals surface area contributed by atoms with Gasteiger partial charge in [-0.05, 0) is 37.4 Å². The lowest BCUT2D eigenvalue weighted by molar-refractivity contribution is 0.150. The molecule has 2 heterocycles. The van der Waals surface area contributed by atoms with Crippen molar-refractivity contribution in [2.75, 3.05) is 39.8 Å². The van der Waals surface area contributed by atoms with Crippen LogP contribution in [0.5, 0.6) is 0 Å². The number of likely N-dealkylation sites (N-methyl/N-ethyl adjacent to an activating group) is 1. The summed E-state index contributed by atoms with van der Waals surface area (Å²) in [5.74, 6) is 0.744. The number of aromatic nitrogens is 1. The van der Waals surface area contributed by atoms with Crippen LogP contribution in [0.1, 0.15) is 24.4 Å². The quantitative estimate of drug-likeness (QED) is 0.865. The molecular formula is C15H26N4. The highest BCUT2D eigenvalue weighted by atomic mass is 15.2. The molecule has 0 radical (unpaired) electrons. The summed E-state index contributed by atoms with van der Waals surface area (Å²) in [6, 6.07) is 2.47. The van der Waals surface area contributed by atoms with Gasteiger partial charge >= 0.3 is 0 Å². The molecule has 1 aromatic rings. The largest absolute Gasteiger partial charge is 0.353 e. The summed E-state index contributed by atoms with van der Waals surface area (Å²) < 4.78 is 2.30. The molecule has 1 unspecified atom stereocenters. The van der Waals surface area contributed by atoms with Crippen molar-refractivity contribution in [1.29, 1.82) is 0 Å². The molecule has 1 saturated carbocycles. The number of nitrogens with two attached hydrogens (primary N) is 1. The number of rotatable bonds is 5. The summed E-state index contributed by atoms with van der Waals surface area (Å²) in [6.45, 7) is 7.03. The van der Waals surface area contributed by atoms with Crippen LogP contribution in [0.2, 0.25) is 0 Å². The first kappa shape index (κ1) is 13.2. The molecule has 0 bridgehead atoms. The van der Waals surface area contributed by atoms with Gasteiger partial charge in [0.15, 0.2) is 0 Å². The average molecular weight is 262 g/mol. The average Bonchev–Trinajstić information content (AvgIpc) is 3.16. The summed E-state index contributed by atoms with van der Waals surface area (Å²) in [5.41, 5.74) is 7.56. The monoisotopic (exact) mass is 262 g/mol. The first-order chi connectivity index (χ1) is 9.22. The number of hydrogen-bond acceptors (Lipinski definition) is 3. The van der Waals surface area contributed by atoms with E-state index in [0.717, 1.165) is 19.0 Å². The Kier molecular flexibility index (Phi) is 3.91. The predicted octanol–water partition coefficient (Wildman–Crippen LogP) is 1.15. The van der Waals surface area contributed by atoms with E-state index >= 15 is 0 Å². The van der Waals surface area contributed by atoms with E-state index in [-0.39, 0.29) is 6.04 Å². The molecule has 0 spiro atoms. The Bertz CT molecular complexity index is 402. The second-order valence-electron chi connectivity index (χ2n) is 6.19. The lowest BCUT2D eigenvalue weighted by atomic mass is 10.1. The van der Waals surface area contributed by atoms with Crippen molar-refractivity contribution in [3.8, 4) is 0 Å². The molecule has 1 saturated heterocycles. The SMILES string of the molecule is CN1CCN(CCn2ccc(C(N)C3CC3)c2)CC1. The fraction of sp³-hybridized carbons (Fsp3) is 0.733. The third-order valence-electron chi connectivity index (χ3n) is 4.56. The second-order valence-corrected chi connectivity index (χ2v) is 6.19. The van der Waals surface area contributed by atoms with Gasteiger partial charge in [0.25, 0.3) is 0 Å². The highest BCUT2D eigenvalue weighted by Crippen LogP contribution is 2.39. The molecule has 2 fully saturated rings. The molecule has 1 aromatic heterocycles. The standard InChI is InChI=1S/C15H26N4/c1-17-6-8-18(9-7-17)10-11-19-5-4-14(12-19)15(16)13-2-3-13/h4-5,12-13,15H,2-3,6-11,16H2,1H3. The molecule has 2 aliphatic rings. The van der Waals surface area contributed by atoms with Crippen molar-refractivity contribution in [3.63, 3.8) is 0 Å². The van der Waals surface area contributed by atoms with Gasteiger partial charge in [-0.25, -0.2) is 0 Å².